The van der Waals surface area contributed by atoms with Crippen molar-refractivity contribution >= 4 is 32.6 Å². The predicted molar refractivity (Wildman–Crippen MR) is 87.1 cm³/mol. The predicted octanol–water partition coefficient (Wildman–Crippen LogP) is 3.70. The number of anilines is 1. The minimum absolute atomic E-state index is 0.351. The van der Waals surface area contributed by atoms with Crippen molar-refractivity contribution < 1.29 is 18.7 Å². The van der Waals surface area contributed by atoms with Crippen molar-refractivity contribution in [2.75, 3.05) is 19.5 Å². The van der Waals surface area contributed by atoms with Gasteiger partial charge in [-0.2, -0.15) is 0 Å². The third-order valence-corrected chi connectivity index (χ3v) is 4.22. The van der Waals surface area contributed by atoms with Crippen molar-refractivity contribution in [2.24, 2.45) is 0 Å². The normalized spacial score (nSPS) is 10.6. The number of amides is 1. The fourth-order valence-corrected chi connectivity index (χ4v) is 3.08. The van der Waals surface area contributed by atoms with Gasteiger partial charge in [-0.3, -0.25) is 10.1 Å². The maximum absolute atomic E-state index is 12.9. The number of fused-ring (bicyclic) bond motifs is 1. The van der Waals surface area contributed by atoms with Crippen LogP contribution in [0.25, 0.3) is 10.2 Å². The lowest BCUT2D eigenvalue weighted by molar-refractivity contribution is 0.102. The summed E-state index contributed by atoms with van der Waals surface area (Å²) in [5.41, 5.74) is 0.968. The van der Waals surface area contributed by atoms with Gasteiger partial charge in [-0.1, -0.05) is 11.3 Å². The number of carbonyl (C=O) groups excluding carboxylic acids is 1. The molecule has 0 bridgehead atoms. The second-order valence-electron chi connectivity index (χ2n) is 4.63. The Morgan fingerprint density at radius 3 is 2.39 bits per heavy atom. The fourth-order valence-electron chi connectivity index (χ4n) is 2.11. The zero-order chi connectivity index (χ0) is 16.4. The molecule has 118 valence electrons. The van der Waals surface area contributed by atoms with Gasteiger partial charge in [-0.05, 0) is 36.4 Å². The van der Waals surface area contributed by atoms with Crippen molar-refractivity contribution in [3.05, 3.63) is 47.8 Å². The Morgan fingerprint density at radius 1 is 1.09 bits per heavy atom. The number of nitrogens with one attached hydrogen (secondary N) is 1. The molecular weight excluding hydrogens is 319 g/mol. The van der Waals surface area contributed by atoms with Crippen LogP contribution in [0, 0.1) is 5.82 Å². The molecule has 0 fully saturated rings. The van der Waals surface area contributed by atoms with E-state index < -0.39 is 5.82 Å². The average molecular weight is 332 g/mol. The number of thiazole rings is 1. The first kappa shape index (κ1) is 15.2. The second-order valence-corrected chi connectivity index (χ2v) is 5.63. The van der Waals surface area contributed by atoms with Gasteiger partial charge < -0.3 is 9.47 Å². The number of carbonyl (C=O) groups is 1. The highest BCUT2D eigenvalue weighted by molar-refractivity contribution is 7.22. The highest BCUT2D eigenvalue weighted by atomic mass is 32.1. The maximum atomic E-state index is 12.9. The molecule has 0 aliphatic rings. The molecule has 23 heavy (non-hydrogen) atoms. The number of hydrogen-bond donors (Lipinski definition) is 1. The van der Waals surface area contributed by atoms with Gasteiger partial charge in [0.1, 0.15) is 27.5 Å². The van der Waals surface area contributed by atoms with Crippen molar-refractivity contribution in [3.8, 4) is 11.5 Å². The molecule has 1 amide bonds. The van der Waals surface area contributed by atoms with E-state index in [1.807, 2.05) is 0 Å². The van der Waals surface area contributed by atoms with E-state index >= 15 is 0 Å². The van der Waals surface area contributed by atoms with E-state index in [0.717, 1.165) is 4.70 Å². The second kappa shape index (κ2) is 6.21. The molecule has 3 aromatic rings. The van der Waals surface area contributed by atoms with E-state index in [9.17, 15) is 9.18 Å². The lowest BCUT2D eigenvalue weighted by Crippen LogP contribution is -2.11. The van der Waals surface area contributed by atoms with Crippen LogP contribution in [-0.2, 0) is 0 Å². The molecule has 2 aromatic carbocycles. The van der Waals surface area contributed by atoms with Crippen LogP contribution in [0.15, 0.2) is 36.4 Å². The van der Waals surface area contributed by atoms with Gasteiger partial charge in [0, 0.05) is 5.56 Å². The number of aromatic nitrogens is 1. The molecule has 0 radical (unpaired) electrons. The zero-order valence-electron chi connectivity index (χ0n) is 12.4. The summed E-state index contributed by atoms with van der Waals surface area (Å²) in [6.07, 6.45) is 0. The van der Waals surface area contributed by atoms with Gasteiger partial charge in [0.2, 0.25) is 0 Å². The first-order valence-electron chi connectivity index (χ1n) is 6.71. The molecule has 5 nitrogen and oxygen atoms in total. The number of nitrogens with zero attached hydrogens (tertiary/aromatic N) is 1. The van der Waals surface area contributed by atoms with Gasteiger partial charge in [0.15, 0.2) is 5.13 Å². The number of benzene rings is 2. The van der Waals surface area contributed by atoms with Crippen LogP contribution < -0.4 is 14.8 Å². The van der Waals surface area contributed by atoms with Gasteiger partial charge in [-0.25, -0.2) is 9.37 Å². The number of halogens is 1. The van der Waals surface area contributed by atoms with E-state index in [2.05, 4.69) is 10.3 Å². The van der Waals surface area contributed by atoms with Crippen LogP contribution in [0.2, 0.25) is 0 Å². The van der Waals surface area contributed by atoms with Gasteiger partial charge in [0.25, 0.3) is 5.91 Å². The molecule has 0 unspecified atom stereocenters. The molecule has 1 heterocycles. The molecular formula is C16H13FN2O3S. The lowest BCUT2D eigenvalue weighted by atomic mass is 10.2. The number of rotatable bonds is 4. The SMILES string of the molecule is COc1ccc(OC)c2sc(NC(=O)c3ccc(F)cc3)nc12. The molecule has 0 aliphatic carbocycles. The first-order chi connectivity index (χ1) is 11.1. The monoisotopic (exact) mass is 332 g/mol. The molecule has 1 aromatic heterocycles. The summed E-state index contributed by atoms with van der Waals surface area (Å²) in [6.45, 7) is 0. The minimum Gasteiger partial charge on any atom is -0.495 e. The van der Waals surface area contributed by atoms with Crippen LogP contribution in [-0.4, -0.2) is 25.1 Å². The number of methoxy groups -OCH3 is 2. The van der Waals surface area contributed by atoms with Gasteiger partial charge >= 0.3 is 0 Å². The summed E-state index contributed by atoms with van der Waals surface area (Å²) in [4.78, 5) is 16.6. The Bertz CT molecular complexity index is 821. The topological polar surface area (TPSA) is 60.5 Å². The van der Waals surface area contributed by atoms with Crippen LogP contribution in [0.3, 0.4) is 0 Å². The van der Waals surface area contributed by atoms with Crippen LogP contribution in [0.5, 0.6) is 11.5 Å². The third-order valence-electron chi connectivity index (χ3n) is 3.24. The van der Waals surface area contributed by atoms with Crippen molar-refractivity contribution in [2.45, 2.75) is 0 Å². The van der Waals surface area contributed by atoms with Crippen molar-refractivity contribution in [1.82, 2.24) is 4.98 Å². The summed E-state index contributed by atoms with van der Waals surface area (Å²) in [7, 11) is 3.12. The van der Waals surface area contributed by atoms with Crippen molar-refractivity contribution in [3.63, 3.8) is 0 Å². The highest BCUT2D eigenvalue weighted by Crippen LogP contribution is 2.38. The molecule has 7 heteroatoms. The van der Waals surface area contributed by atoms with Crippen LogP contribution >= 0.6 is 11.3 Å². The Hall–Kier alpha value is -2.67. The van der Waals surface area contributed by atoms with Crippen molar-refractivity contribution in [1.29, 1.82) is 0 Å². The zero-order valence-corrected chi connectivity index (χ0v) is 13.2. The fraction of sp³-hybridized carbons (Fsp3) is 0.125. The molecule has 0 spiro atoms. The maximum Gasteiger partial charge on any atom is 0.257 e. The van der Waals surface area contributed by atoms with Crippen LogP contribution in [0.4, 0.5) is 9.52 Å². The summed E-state index contributed by atoms with van der Waals surface area (Å²) in [5, 5.41) is 3.12. The van der Waals surface area contributed by atoms with Crippen LogP contribution in [0.1, 0.15) is 10.4 Å². The Morgan fingerprint density at radius 2 is 1.74 bits per heavy atom. The Balaban J connectivity index is 1.94. The molecule has 0 atom stereocenters. The Kier molecular flexibility index (Phi) is 4.12. The standard InChI is InChI=1S/C16H13FN2O3S/c1-21-11-7-8-12(22-2)14-13(11)18-16(23-14)19-15(20)9-3-5-10(17)6-4-9/h3-8H,1-2H3,(H,18,19,20). The molecule has 3 rings (SSSR count). The quantitative estimate of drug-likeness (QED) is 0.791. The summed E-state index contributed by atoms with van der Waals surface area (Å²) < 4.78 is 24.3. The van der Waals surface area contributed by atoms with Gasteiger partial charge in [-0.15, -0.1) is 0 Å². The van der Waals surface area contributed by atoms with Gasteiger partial charge in [0.05, 0.1) is 14.2 Å². The number of hydrogen-bond acceptors (Lipinski definition) is 5. The van der Waals surface area contributed by atoms with E-state index in [1.165, 1.54) is 35.6 Å². The summed E-state index contributed by atoms with van der Waals surface area (Å²) >= 11 is 1.28. The summed E-state index contributed by atoms with van der Waals surface area (Å²) in [5.74, 6) is 0.498. The third kappa shape index (κ3) is 2.95. The average Bonchev–Trinajstić information content (AvgIpc) is 2.97. The number of ether oxygens (including phenoxy) is 2. The van der Waals surface area contributed by atoms with E-state index in [1.54, 1.807) is 26.4 Å². The van der Waals surface area contributed by atoms with E-state index in [4.69, 9.17) is 9.47 Å². The Labute approximate surface area is 135 Å². The molecule has 0 aliphatic heterocycles. The van der Waals surface area contributed by atoms with E-state index in [-0.39, 0.29) is 5.91 Å². The molecule has 0 saturated carbocycles. The lowest BCUT2D eigenvalue weighted by Gasteiger charge is -2.03. The highest BCUT2D eigenvalue weighted by Gasteiger charge is 2.15. The molecule has 1 N–H and O–H groups in total. The van der Waals surface area contributed by atoms with E-state index in [0.29, 0.717) is 27.7 Å². The molecule has 0 saturated heterocycles. The summed E-state index contributed by atoms with van der Waals surface area (Å²) in [6, 6.07) is 8.84. The minimum atomic E-state index is -0.393. The first-order valence-corrected chi connectivity index (χ1v) is 7.52. The largest absolute Gasteiger partial charge is 0.495 e. The smallest absolute Gasteiger partial charge is 0.257 e.